The topological polar surface area (TPSA) is 65.6 Å². The van der Waals surface area contributed by atoms with Gasteiger partial charge in [0.25, 0.3) is 0 Å². The van der Waals surface area contributed by atoms with Crippen molar-refractivity contribution >= 4 is 0 Å². The predicted octanol–water partition coefficient (Wildman–Crippen LogP) is 0.409. The van der Waals surface area contributed by atoms with E-state index in [0.29, 0.717) is 24.8 Å². The zero-order chi connectivity index (χ0) is 13.2. The summed E-state index contributed by atoms with van der Waals surface area (Å²) in [5, 5.41) is 14.2. The van der Waals surface area contributed by atoms with Gasteiger partial charge in [-0.15, -0.1) is 0 Å². The van der Waals surface area contributed by atoms with Gasteiger partial charge in [0.05, 0.1) is 12.6 Å². The average molecular weight is 266 g/mol. The first-order valence-electron chi connectivity index (χ1n) is 7.16. The van der Waals surface area contributed by atoms with Crippen molar-refractivity contribution in [2.45, 2.75) is 44.9 Å². The lowest BCUT2D eigenvalue weighted by Gasteiger charge is -2.33. The minimum Gasteiger partial charge on any atom is -0.390 e. The Labute approximate surface area is 113 Å². The summed E-state index contributed by atoms with van der Waals surface area (Å²) >= 11 is 0. The maximum absolute atomic E-state index is 10.2. The minimum atomic E-state index is -0.258. The standard InChI is InChI=1S/C13H22N4O2/c1-10-14-13(15-19-10)9-16-7-11(12(18)8-16)17-5-3-2-4-6-17/h11-12,18H,2-9H2,1H3/t11-,12-/m0/s1. The molecule has 0 unspecified atom stereocenters. The molecule has 0 bridgehead atoms. The maximum Gasteiger partial charge on any atom is 0.223 e. The van der Waals surface area contributed by atoms with Crippen molar-refractivity contribution in [1.29, 1.82) is 0 Å². The van der Waals surface area contributed by atoms with Crippen molar-refractivity contribution in [2.75, 3.05) is 26.2 Å². The molecular formula is C13H22N4O2. The molecule has 2 aliphatic heterocycles. The second kappa shape index (κ2) is 5.56. The summed E-state index contributed by atoms with van der Waals surface area (Å²) < 4.78 is 4.98. The Balaban J connectivity index is 1.58. The largest absolute Gasteiger partial charge is 0.390 e. The van der Waals surface area contributed by atoms with Crippen LogP contribution in [0.3, 0.4) is 0 Å². The van der Waals surface area contributed by atoms with Gasteiger partial charge in [-0.3, -0.25) is 9.80 Å². The lowest BCUT2D eigenvalue weighted by atomic mass is 10.1. The summed E-state index contributed by atoms with van der Waals surface area (Å²) in [7, 11) is 0. The van der Waals surface area contributed by atoms with Gasteiger partial charge in [-0.2, -0.15) is 4.98 Å². The highest BCUT2D eigenvalue weighted by molar-refractivity contribution is 4.94. The number of hydrogen-bond acceptors (Lipinski definition) is 6. The van der Waals surface area contributed by atoms with Crippen LogP contribution in [0.5, 0.6) is 0 Å². The predicted molar refractivity (Wildman–Crippen MR) is 69.5 cm³/mol. The molecule has 0 aromatic carbocycles. The van der Waals surface area contributed by atoms with E-state index in [-0.39, 0.29) is 12.1 Å². The number of piperidine rings is 1. The Morgan fingerprint density at radius 3 is 2.74 bits per heavy atom. The van der Waals surface area contributed by atoms with Crippen LogP contribution in [-0.4, -0.2) is 63.4 Å². The molecule has 6 heteroatoms. The third kappa shape index (κ3) is 2.96. The van der Waals surface area contributed by atoms with Gasteiger partial charge in [-0.25, -0.2) is 0 Å². The maximum atomic E-state index is 10.2. The fourth-order valence-corrected chi connectivity index (χ4v) is 3.19. The van der Waals surface area contributed by atoms with Gasteiger partial charge in [0, 0.05) is 26.1 Å². The van der Waals surface area contributed by atoms with Crippen LogP contribution in [-0.2, 0) is 6.54 Å². The SMILES string of the molecule is Cc1nc(CN2C[C@H](O)[C@@H](N3CCCCC3)C2)no1. The van der Waals surface area contributed by atoms with Crippen LogP contribution in [0.4, 0.5) is 0 Å². The van der Waals surface area contributed by atoms with Crippen LogP contribution in [0, 0.1) is 6.92 Å². The summed E-state index contributed by atoms with van der Waals surface area (Å²) in [6.07, 6.45) is 3.58. The first kappa shape index (κ1) is 13.0. The van der Waals surface area contributed by atoms with E-state index in [4.69, 9.17) is 4.52 Å². The van der Waals surface area contributed by atoms with Crippen molar-refractivity contribution in [1.82, 2.24) is 19.9 Å². The highest BCUT2D eigenvalue weighted by Gasteiger charge is 2.36. The van der Waals surface area contributed by atoms with Gasteiger partial charge < -0.3 is 9.63 Å². The van der Waals surface area contributed by atoms with E-state index < -0.39 is 0 Å². The zero-order valence-electron chi connectivity index (χ0n) is 11.5. The molecule has 0 aliphatic carbocycles. The van der Waals surface area contributed by atoms with Crippen LogP contribution >= 0.6 is 0 Å². The lowest BCUT2D eigenvalue weighted by molar-refractivity contribution is 0.0706. The van der Waals surface area contributed by atoms with E-state index in [1.807, 2.05) is 0 Å². The molecule has 0 amide bonds. The third-order valence-electron chi connectivity index (χ3n) is 4.13. The second-order valence-corrected chi connectivity index (χ2v) is 5.66. The summed E-state index contributed by atoms with van der Waals surface area (Å²) in [6.45, 7) is 6.31. The minimum absolute atomic E-state index is 0.258. The number of aliphatic hydroxyl groups excluding tert-OH is 1. The van der Waals surface area contributed by atoms with Crippen molar-refractivity contribution < 1.29 is 9.63 Å². The van der Waals surface area contributed by atoms with E-state index in [9.17, 15) is 5.11 Å². The molecule has 1 aromatic rings. The molecule has 6 nitrogen and oxygen atoms in total. The Kier molecular flexibility index (Phi) is 3.81. The molecule has 2 saturated heterocycles. The lowest BCUT2D eigenvalue weighted by Crippen LogP contribution is -2.45. The molecule has 3 heterocycles. The van der Waals surface area contributed by atoms with Gasteiger partial charge in [0.15, 0.2) is 5.82 Å². The van der Waals surface area contributed by atoms with Crippen molar-refractivity contribution in [3.05, 3.63) is 11.7 Å². The van der Waals surface area contributed by atoms with E-state index in [1.54, 1.807) is 6.92 Å². The van der Waals surface area contributed by atoms with Crippen molar-refractivity contribution in [3.8, 4) is 0 Å². The summed E-state index contributed by atoms with van der Waals surface area (Å²) in [4.78, 5) is 8.88. The molecule has 2 fully saturated rings. The summed E-state index contributed by atoms with van der Waals surface area (Å²) in [5.74, 6) is 1.31. The Hall–Kier alpha value is -0.980. The van der Waals surface area contributed by atoms with E-state index in [0.717, 1.165) is 19.6 Å². The normalized spacial score (nSPS) is 30.0. The van der Waals surface area contributed by atoms with Gasteiger partial charge in [-0.1, -0.05) is 11.6 Å². The van der Waals surface area contributed by atoms with E-state index in [1.165, 1.54) is 19.3 Å². The molecule has 0 spiro atoms. The molecular weight excluding hydrogens is 244 g/mol. The molecule has 2 atom stereocenters. The molecule has 19 heavy (non-hydrogen) atoms. The smallest absolute Gasteiger partial charge is 0.223 e. The fourth-order valence-electron chi connectivity index (χ4n) is 3.19. The Bertz CT molecular complexity index is 417. The number of β-amino-alcohol motifs (C(OH)–C–C–N with tert-alkyl or cyclic N) is 1. The van der Waals surface area contributed by atoms with Crippen LogP contribution in [0.2, 0.25) is 0 Å². The first-order chi connectivity index (χ1) is 9.22. The van der Waals surface area contributed by atoms with Gasteiger partial charge in [-0.05, 0) is 25.9 Å². The van der Waals surface area contributed by atoms with Gasteiger partial charge >= 0.3 is 0 Å². The molecule has 106 valence electrons. The molecule has 1 N–H and O–H groups in total. The van der Waals surface area contributed by atoms with Gasteiger partial charge in [0.1, 0.15) is 0 Å². The fraction of sp³-hybridized carbons (Fsp3) is 0.846. The number of hydrogen-bond donors (Lipinski definition) is 1. The highest BCUT2D eigenvalue weighted by atomic mass is 16.5. The van der Waals surface area contributed by atoms with Crippen LogP contribution < -0.4 is 0 Å². The van der Waals surface area contributed by atoms with Crippen LogP contribution in [0.25, 0.3) is 0 Å². The van der Waals surface area contributed by atoms with E-state index >= 15 is 0 Å². The Morgan fingerprint density at radius 2 is 2.05 bits per heavy atom. The summed E-state index contributed by atoms with van der Waals surface area (Å²) in [5.41, 5.74) is 0. The summed E-state index contributed by atoms with van der Waals surface area (Å²) in [6, 6.07) is 0.272. The molecule has 0 saturated carbocycles. The Morgan fingerprint density at radius 1 is 1.26 bits per heavy atom. The van der Waals surface area contributed by atoms with Gasteiger partial charge in [0.2, 0.25) is 5.89 Å². The van der Waals surface area contributed by atoms with Crippen LogP contribution in [0.1, 0.15) is 31.0 Å². The number of aromatic nitrogens is 2. The first-order valence-corrected chi connectivity index (χ1v) is 7.16. The third-order valence-corrected chi connectivity index (χ3v) is 4.13. The second-order valence-electron chi connectivity index (χ2n) is 5.66. The molecule has 2 aliphatic rings. The van der Waals surface area contributed by atoms with Crippen LogP contribution in [0.15, 0.2) is 4.52 Å². The number of likely N-dealkylation sites (tertiary alicyclic amines) is 2. The number of aliphatic hydroxyl groups is 1. The van der Waals surface area contributed by atoms with E-state index in [2.05, 4.69) is 19.9 Å². The van der Waals surface area contributed by atoms with Crippen molar-refractivity contribution in [3.63, 3.8) is 0 Å². The molecule has 1 aromatic heterocycles. The number of rotatable bonds is 3. The monoisotopic (exact) mass is 266 g/mol. The number of nitrogens with zero attached hydrogens (tertiary/aromatic N) is 4. The molecule has 3 rings (SSSR count). The quantitative estimate of drug-likeness (QED) is 0.855. The molecule has 0 radical (unpaired) electrons. The average Bonchev–Trinajstić information content (AvgIpc) is 2.97. The highest BCUT2D eigenvalue weighted by Crippen LogP contribution is 2.21. The van der Waals surface area contributed by atoms with Crippen molar-refractivity contribution in [2.24, 2.45) is 0 Å². The number of aryl methyl sites for hydroxylation is 1. The zero-order valence-corrected chi connectivity index (χ0v) is 11.5.